The van der Waals surface area contributed by atoms with Crippen LogP contribution in [0.2, 0.25) is 0 Å². The number of rotatable bonds is 6. The number of carbonyl (C=O) groups is 1. The van der Waals surface area contributed by atoms with Crippen LogP contribution < -0.4 is 0 Å². The number of nitro benzene ring substituents is 1. The molecule has 1 unspecified atom stereocenters. The van der Waals surface area contributed by atoms with Gasteiger partial charge in [0.2, 0.25) is 0 Å². The summed E-state index contributed by atoms with van der Waals surface area (Å²) in [7, 11) is 0. The van der Waals surface area contributed by atoms with Gasteiger partial charge in [0.1, 0.15) is 0 Å². The second kappa shape index (κ2) is 6.67. The molecule has 1 aromatic rings. The average Bonchev–Trinajstić information content (AvgIpc) is 2.98. The van der Waals surface area contributed by atoms with Gasteiger partial charge in [-0.25, -0.2) is 0 Å². The number of hydrogen-bond acceptors (Lipinski definition) is 4. The molecule has 1 aromatic carbocycles. The molecule has 0 aliphatic heterocycles. The monoisotopic (exact) mass is 292 g/mol. The van der Waals surface area contributed by atoms with Gasteiger partial charge in [-0.3, -0.25) is 19.8 Å². The molecule has 1 N–H and O–H groups in total. The Kier molecular flexibility index (Phi) is 4.90. The molecular formula is C15H20N2O4. The fourth-order valence-corrected chi connectivity index (χ4v) is 3.06. The molecule has 1 aliphatic rings. The van der Waals surface area contributed by atoms with Crippen LogP contribution in [0.5, 0.6) is 0 Å². The summed E-state index contributed by atoms with van der Waals surface area (Å²) >= 11 is 0. The van der Waals surface area contributed by atoms with Gasteiger partial charge in [-0.1, -0.05) is 25.0 Å². The molecule has 0 amide bonds. The van der Waals surface area contributed by atoms with Crippen molar-refractivity contribution in [2.45, 2.75) is 44.7 Å². The minimum absolute atomic E-state index is 0.0332. The van der Waals surface area contributed by atoms with Crippen molar-refractivity contribution in [3.63, 3.8) is 0 Å². The Morgan fingerprint density at radius 3 is 2.71 bits per heavy atom. The summed E-state index contributed by atoms with van der Waals surface area (Å²) < 4.78 is 0. The maximum atomic E-state index is 11.1. The topological polar surface area (TPSA) is 83.7 Å². The highest BCUT2D eigenvalue weighted by atomic mass is 16.6. The Labute approximate surface area is 123 Å². The van der Waals surface area contributed by atoms with Crippen molar-refractivity contribution in [2.24, 2.45) is 0 Å². The fourth-order valence-electron chi connectivity index (χ4n) is 3.06. The third kappa shape index (κ3) is 3.78. The summed E-state index contributed by atoms with van der Waals surface area (Å²) in [5.74, 6) is -0.862. The first kappa shape index (κ1) is 15.4. The molecular weight excluding hydrogens is 272 g/mol. The molecule has 0 spiro atoms. The smallest absolute Gasteiger partial charge is 0.317 e. The molecule has 2 rings (SSSR count). The van der Waals surface area contributed by atoms with Gasteiger partial charge in [-0.2, -0.15) is 0 Å². The van der Waals surface area contributed by atoms with Crippen LogP contribution >= 0.6 is 0 Å². The van der Waals surface area contributed by atoms with Crippen molar-refractivity contribution in [1.82, 2.24) is 4.90 Å². The first-order chi connectivity index (χ1) is 9.99. The predicted molar refractivity (Wildman–Crippen MR) is 78.1 cm³/mol. The van der Waals surface area contributed by atoms with Gasteiger partial charge in [-0.15, -0.1) is 0 Å². The van der Waals surface area contributed by atoms with Gasteiger partial charge < -0.3 is 5.11 Å². The lowest BCUT2D eigenvalue weighted by molar-refractivity contribution is -0.385. The lowest BCUT2D eigenvalue weighted by Crippen LogP contribution is -2.39. The highest BCUT2D eigenvalue weighted by Gasteiger charge is 2.29. The van der Waals surface area contributed by atoms with E-state index in [1.165, 1.54) is 12.1 Å². The molecule has 1 fully saturated rings. The number of nitro groups is 1. The Balaban J connectivity index is 2.23. The zero-order valence-corrected chi connectivity index (χ0v) is 12.1. The number of nitrogens with zero attached hydrogens (tertiary/aromatic N) is 2. The van der Waals surface area contributed by atoms with E-state index in [2.05, 4.69) is 0 Å². The molecule has 6 heteroatoms. The summed E-state index contributed by atoms with van der Waals surface area (Å²) in [5, 5.41) is 20.0. The van der Waals surface area contributed by atoms with Gasteiger partial charge in [-0.05, 0) is 25.3 Å². The lowest BCUT2D eigenvalue weighted by atomic mass is 10.0. The van der Waals surface area contributed by atoms with Crippen LogP contribution in [0.1, 0.15) is 44.2 Å². The number of non-ortho nitro benzene ring substituents is 1. The van der Waals surface area contributed by atoms with Crippen molar-refractivity contribution < 1.29 is 14.8 Å². The Morgan fingerprint density at radius 1 is 1.48 bits per heavy atom. The second-order valence-electron chi connectivity index (χ2n) is 5.53. The van der Waals surface area contributed by atoms with E-state index in [0.29, 0.717) is 0 Å². The van der Waals surface area contributed by atoms with Crippen LogP contribution in [0.3, 0.4) is 0 Å². The SMILES string of the molecule is CC(c1cccc([N+](=O)[O-])c1)N(CC(=O)O)C1CCCC1. The normalized spacial score (nSPS) is 17.0. The fraction of sp³-hybridized carbons (Fsp3) is 0.533. The third-order valence-corrected chi connectivity index (χ3v) is 4.17. The van der Waals surface area contributed by atoms with Gasteiger partial charge >= 0.3 is 5.97 Å². The third-order valence-electron chi connectivity index (χ3n) is 4.17. The van der Waals surface area contributed by atoms with Crippen molar-refractivity contribution in [1.29, 1.82) is 0 Å². The molecule has 1 saturated carbocycles. The van der Waals surface area contributed by atoms with Crippen LogP contribution in [0.25, 0.3) is 0 Å². The summed E-state index contributed by atoms with van der Waals surface area (Å²) in [6, 6.07) is 6.56. The zero-order valence-electron chi connectivity index (χ0n) is 12.1. The van der Waals surface area contributed by atoms with E-state index in [1.54, 1.807) is 6.07 Å². The molecule has 0 aromatic heterocycles. The number of hydrogen-bond donors (Lipinski definition) is 1. The van der Waals surface area contributed by atoms with Crippen LogP contribution in [-0.4, -0.2) is 33.5 Å². The Morgan fingerprint density at radius 2 is 2.14 bits per heavy atom. The maximum absolute atomic E-state index is 11.1. The summed E-state index contributed by atoms with van der Waals surface area (Å²) in [5.41, 5.74) is 0.832. The zero-order chi connectivity index (χ0) is 15.4. The van der Waals surface area contributed by atoms with Gasteiger partial charge in [0.15, 0.2) is 0 Å². The van der Waals surface area contributed by atoms with Crippen LogP contribution in [0.4, 0.5) is 5.69 Å². The van der Waals surface area contributed by atoms with E-state index in [9.17, 15) is 14.9 Å². The van der Waals surface area contributed by atoms with E-state index >= 15 is 0 Å². The standard InChI is InChI=1S/C15H20N2O4/c1-11(12-5-4-8-14(9-12)17(20)21)16(10-15(18)19)13-6-2-3-7-13/h4-5,8-9,11,13H,2-3,6-7,10H2,1H3,(H,18,19). The highest BCUT2D eigenvalue weighted by Crippen LogP contribution is 2.31. The summed E-state index contributed by atoms with van der Waals surface area (Å²) in [6.45, 7) is 1.88. The molecule has 0 radical (unpaired) electrons. The largest absolute Gasteiger partial charge is 0.480 e. The number of aliphatic carboxylic acids is 1. The molecule has 114 valence electrons. The molecule has 1 atom stereocenters. The first-order valence-corrected chi connectivity index (χ1v) is 7.21. The molecule has 6 nitrogen and oxygen atoms in total. The van der Waals surface area contributed by atoms with E-state index in [-0.39, 0.29) is 24.3 Å². The van der Waals surface area contributed by atoms with E-state index in [1.807, 2.05) is 17.9 Å². The highest BCUT2D eigenvalue weighted by molar-refractivity contribution is 5.69. The number of carboxylic acid groups (broad SMARTS) is 1. The van der Waals surface area contributed by atoms with Crippen molar-refractivity contribution >= 4 is 11.7 Å². The molecule has 0 saturated heterocycles. The second-order valence-corrected chi connectivity index (χ2v) is 5.53. The Bertz CT molecular complexity index is 526. The summed E-state index contributed by atoms with van der Waals surface area (Å²) in [4.78, 5) is 23.5. The van der Waals surface area contributed by atoms with Crippen LogP contribution in [0.15, 0.2) is 24.3 Å². The van der Waals surface area contributed by atoms with Crippen LogP contribution in [0, 0.1) is 10.1 Å². The van der Waals surface area contributed by atoms with E-state index in [4.69, 9.17) is 5.11 Å². The number of carboxylic acids is 1. The van der Waals surface area contributed by atoms with Crippen molar-refractivity contribution in [3.8, 4) is 0 Å². The van der Waals surface area contributed by atoms with Gasteiger partial charge in [0, 0.05) is 24.2 Å². The van der Waals surface area contributed by atoms with Crippen LogP contribution in [-0.2, 0) is 4.79 Å². The van der Waals surface area contributed by atoms with Gasteiger partial charge in [0.25, 0.3) is 5.69 Å². The van der Waals surface area contributed by atoms with Gasteiger partial charge in [0.05, 0.1) is 11.5 Å². The predicted octanol–water partition coefficient (Wildman–Crippen LogP) is 2.99. The lowest BCUT2D eigenvalue weighted by Gasteiger charge is -2.33. The molecule has 21 heavy (non-hydrogen) atoms. The average molecular weight is 292 g/mol. The maximum Gasteiger partial charge on any atom is 0.317 e. The molecule has 1 aliphatic carbocycles. The van der Waals surface area contributed by atoms with E-state index < -0.39 is 10.9 Å². The minimum Gasteiger partial charge on any atom is -0.480 e. The summed E-state index contributed by atoms with van der Waals surface area (Å²) in [6.07, 6.45) is 4.21. The van der Waals surface area contributed by atoms with E-state index in [0.717, 1.165) is 31.2 Å². The Hall–Kier alpha value is -1.95. The molecule has 0 bridgehead atoms. The molecule has 0 heterocycles. The minimum atomic E-state index is -0.862. The first-order valence-electron chi connectivity index (χ1n) is 7.21. The number of benzene rings is 1. The van der Waals surface area contributed by atoms with Crippen molar-refractivity contribution in [3.05, 3.63) is 39.9 Å². The van der Waals surface area contributed by atoms with Crippen molar-refractivity contribution in [2.75, 3.05) is 6.54 Å². The quantitative estimate of drug-likeness (QED) is 0.643.